The number of nitrogen functional groups attached to an aromatic ring is 1. The maximum Gasteiger partial charge on any atom is 0.224 e. The monoisotopic (exact) mass is 262 g/mol. The molecule has 0 aromatic carbocycles. The Hall–Kier alpha value is -1.15. The summed E-state index contributed by atoms with van der Waals surface area (Å²) in [5.74, 6) is 0.166. The maximum atomic E-state index is 9.17. The smallest absolute Gasteiger partial charge is 0.224 e. The molecule has 1 rings (SSSR count). The molecule has 6 N–H and O–H groups in total. The highest BCUT2D eigenvalue weighted by Crippen LogP contribution is 2.23. The van der Waals surface area contributed by atoms with E-state index in [-0.39, 0.29) is 16.8 Å². The number of hydrogen-bond acceptors (Lipinski definition) is 7. The molecule has 0 saturated carbocycles. The first kappa shape index (κ1) is 13.9. The fraction of sp³-hybridized carbons (Fsp3) is 0.556. The van der Waals surface area contributed by atoms with Crippen LogP contribution in [0.1, 0.15) is 5.69 Å². The van der Waals surface area contributed by atoms with E-state index in [4.69, 9.17) is 32.7 Å². The molecule has 7 nitrogen and oxygen atoms in total. The summed E-state index contributed by atoms with van der Waals surface area (Å²) >= 11 is 5.68. The second kappa shape index (κ2) is 5.46. The van der Waals surface area contributed by atoms with Crippen LogP contribution < -0.4 is 11.1 Å². The molecule has 0 bridgehead atoms. The number of aliphatic hydroxyl groups is 3. The SMILES string of the molecule is Cc1nc(Cl)nc(NC(CO)(CO)CO)c1N. The lowest BCUT2D eigenvalue weighted by Gasteiger charge is -2.29. The number of rotatable bonds is 5. The van der Waals surface area contributed by atoms with Crippen LogP contribution in [0.4, 0.5) is 11.5 Å². The summed E-state index contributed by atoms with van der Waals surface area (Å²) in [5, 5.41) is 30.2. The van der Waals surface area contributed by atoms with Crippen molar-refractivity contribution in [3.8, 4) is 0 Å². The predicted molar refractivity (Wildman–Crippen MR) is 63.8 cm³/mol. The van der Waals surface area contributed by atoms with E-state index in [1.807, 2.05) is 0 Å². The third-order valence-corrected chi connectivity index (χ3v) is 2.57. The topological polar surface area (TPSA) is 125 Å². The minimum absolute atomic E-state index is 0.0121. The first-order chi connectivity index (χ1) is 7.98. The fourth-order valence-electron chi connectivity index (χ4n) is 1.16. The lowest BCUT2D eigenvalue weighted by molar-refractivity contribution is 0.0831. The maximum absolute atomic E-state index is 9.17. The molecule has 0 fully saturated rings. The zero-order chi connectivity index (χ0) is 13.1. The first-order valence-electron chi connectivity index (χ1n) is 4.88. The molecule has 1 aromatic rings. The molecule has 96 valence electrons. The van der Waals surface area contributed by atoms with Gasteiger partial charge in [-0.25, -0.2) is 4.98 Å². The van der Waals surface area contributed by atoms with Crippen LogP contribution in [0.25, 0.3) is 0 Å². The van der Waals surface area contributed by atoms with Crippen molar-refractivity contribution in [2.45, 2.75) is 12.5 Å². The van der Waals surface area contributed by atoms with E-state index >= 15 is 0 Å². The van der Waals surface area contributed by atoms with Crippen molar-refractivity contribution in [1.29, 1.82) is 0 Å². The van der Waals surface area contributed by atoms with Crippen LogP contribution in [0.5, 0.6) is 0 Å². The van der Waals surface area contributed by atoms with E-state index in [0.29, 0.717) is 5.69 Å². The highest BCUT2D eigenvalue weighted by atomic mass is 35.5. The molecule has 0 aliphatic heterocycles. The van der Waals surface area contributed by atoms with Crippen molar-refractivity contribution in [2.75, 3.05) is 30.9 Å². The predicted octanol–water partition coefficient (Wildman–Crippen LogP) is -0.852. The van der Waals surface area contributed by atoms with Crippen LogP contribution in [0.2, 0.25) is 5.28 Å². The van der Waals surface area contributed by atoms with Gasteiger partial charge in [0.05, 0.1) is 31.2 Å². The Bertz CT molecular complexity index is 390. The molecule has 0 radical (unpaired) electrons. The molecule has 0 saturated heterocycles. The summed E-state index contributed by atoms with van der Waals surface area (Å²) in [6, 6.07) is 0. The minimum atomic E-state index is -1.31. The first-order valence-corrected chi connectivity index (χ1v) is 5.26. The van der Waals surface area contributed by atoms with Crippen LogP contribution in [0.3, 0.4) is 0 Å². The number of halogens is 1. The second-order valence-corrected chi connectivity index (χ2v) is 4.06. The van der Waals surface area contributed by atoms with Gasteiger partial charge in [-0.15, -0.1) is 0 Å². The number of aromatic nitrogens is 2. The van der Waals surface area contributed by atoms with E-state index < -0.39 is 25.4 Å². The largest absolute Gasteiger partial charge is 0.394 e. The molecule has 0 atom stereocenters. The Morgan fingerprint density at radius 2 is 1.76 bits per heavy atom. The van der Waals surface area contributed by atoms with Gasteiger partial charge in [0.25, 0.3) is 0 Å². The van der Waals surface area contributed by atoms with Crippen LogP contribution in [-0.4, -0.2) is 50.6 Å². The lowest BCUT2D eigenvalue weighted by Crippen LogP contribution is -2.49. The number of hydrogen-bond donors (Lipinski definition) is 5. The summed E-state index contributed by atoms with van der Waals surface area (Å²) in [6.45, 7) is 0.187. The van der Waals surface area contributed by atoms with E-state index in [9.17, 15) is 0 Å². The van der Waals surface area contributed by atoms with Gasteiger partial charge in [-0.2, -0.15) is 4.98 Å². The van der Waals surface area contributed by atoms with Crippen molar-refractivity contribution >= 4 is 23.1 Å². The molecule has 0 amide bonds. The average molecular weight is 263 g/mol. The second-order valence-electron chi connectivity index (χ2n) is 3.72. The number of nitrogens with one attached hydrogen (secondary N) is 1. The van der Waals surface area contributed by atoms with Gasteiger partial charge in [0.1, 0.15) is 5.54 Å². The zero-order valence-electron chi connectivity index (χ0n) is 9.31. The molecule has 1 heterocycles. The summed E-state index contributed by atoms with van der Waals surface area (Å²) in [4.78, 5) is 7.69. The van der Waals surface area contributed by atoms with Gasteiger partial charge in [-0.05, 0) is 18.5 Å². The number of nitrogens with two attached hydrogens (primary N) is 1. The van der Waals surface area contributed by atoms with Gasteiger partial charge in [0.15, 0.2) is 5.82 Å². The molecular weight excluding hydrogens is 248 g/mol. The van der Waals surface area contributed by atoms with Gasteiger partial charge < -0.3 is 26.4 Å². The third kappa shape index (κ3) is 2.95. The standard InChI is InChI=1S/C9H15ClN4O3/c1-5-6(11)7(13-8(10)12-5)14-9(2-15,3-16)4-17/h15-17H,2-4,11H2,1H3,(H,12,13,14). The minimum Gasteiger partial charge on any atom is -0.394 e. The Labute approximate surface area is 103 Å². The van der Waals surface area contributed by atoms with E-state index in [1.54, 1.807) is 6.92 Å². The van der Waals surface area contributed by atoms with Gasteiger partial charge in [0, 0.05) is 0 Å². The van der Waals surface area contributed by atoms with Crippen molar-refractivity contribution in [3.63, 3.8) is 0 Å². The fourth-order valence-corrected chi connectivity index (χ4v) is 1.37. The summed E-state index contributed by atoms with van der Waals surface area (Å²) in [7, 11) is 0. The number of anilines is 2. The average Bonchev–Trinajstić information content (AvgIpc) is 2.32. The normalized spacial score (nSPS) is 11.6. The lowest BCUT2D eigenvalue weighted by atomic mass is 10.0. The molecule has 8 heteroatoms. The van der Waals surface area contributed by atoms with Gasteiger partial charge in [-0.3, -0.25) is 0 Å². The number of nitrogens with zero attached hydrogens (tertiary/aromatic N) is 2. The summed E-state index contributed by atoms with van der Waals surface area (Å²) in [5.41, 5.74) is 5.14. The van der Waals surface area contributed by atoms with E-state index in [1.165, 1.54) is 0 Å². The van der Waals surface area contributed by atoms with Crippen molar-refractivity contribution in [1.82, 2.24) is 9.97 Å². The Kier molecular flexibility index (Phi) is 4.47. The van der Waals surface area contributed by atoms with Crippen LogP contribution in [-0.2, 0) is 0 Å². The van der Waals surface area contributed by atoms with Crippen LogP contribution >= 0.6 is 11.6 Å². The zero-order valence-corrected chi connectivity index (χ0v) is 10.1. The Morgan fingerprint density at radius 3 is 2.24 bits per heavy atom. The number of aryl methyl sites for hydroxylation is 1. The van der Waals surface area contributed by atoms with Gasteiger partial charge in [0.2, 0.25) is 5.28 Å². The van der Waals surface area contributed by atoms with E-state index in [2.05, 4.69) is 15.3 Å². The van der Waals surface area contributed by atoms with Gasteiger partial charge >= 0.3 is 0 Å². The molecule has 0 unspecified atom stereocenters. The Balaban J connectivity index is 3.09. The number of aliphatic hydroxyl groups excluding tert-OH is 3. The molecular formula is C9H15ClN4O3. The highest BCUT2D eigenvalue weighted by molar-refractivity contribution is 6.28. The van der Waals surface area contributed by atoms with Crippen LogP contribution in [0.15, 0.2) is 0 Å². The molecule has 0 aliphatic carbocycles. The Morgan fingerprint density at radius 1 is 1.24 bits per heavy atom. The molecule has 0 aliphatic rings. The molecule has 0 spiro atoms. The molecule has 1 aromatic heterocycles. The highest BCUT2D eigenvalue weighted by Gasteiger charge is 2.29. The summed E-state index contributed by atoms with van der Waals surface area (Å²) in [6.07, 6.45) is 0. The summed E-state index contributed by atoms with van der Waals surface area (Å²) < 4.78 is 0. The van der Waals surface area contributed by atoms with Crippen molar-refractivity contribution in [2.24, 2.45) is 0 Å². The van der Waals surface area contributed by atoms with Gasteiger partial charge in [-0.1, -0.05) is 0 Å². The van der Waals surface area contributed by atoms with Crippen molar-refractivity contribution < 1.29 is 15.3 Å². The van der Waals surface area contributed by atoms with E-state index in [0.717, 1.165) is 0 Å². The van der Waals surface area contributed by atoms with Crippen molar-refractivity contribution in [3.05, 3.63) is 11.0 Å². The molecule has 17 heavy (non-hydrogen) atoms. The third-order valence-electron chi connectivity index (χ3n) is 2.40. The van der Waals surface area contributed by atoms with Crippen LogP contribution in [0, 0.1) is 6.92 Å². The quantitative estimate of drug-likeness (QED) is 0.438.